The van der Waals surface area contributed by atoms with Crippen molar-refractivity contribution in [2.24, 2.45) is 16.9 Å². The van der Waals surface area contributed by atoms with Crippen molar-refractivity contribution in [2.45, 2.75) is 58.7 Å². The van der Waals surface area contributed by atoms with E-state index in [0.717, 1.165) is 40.8 Å². The molecule has 0 spiro atoms. The third-order valence-electron chi connectivity index (χ3n) is 9.64. The first kappa shape index (κ1) is 45.9. The van der Waals surface area contributed by atoms with Crippen molar-refractivity contribution < 1.29 is 47.4 Å². The van der Waals surface area contributed by atoms with Crippen molar-refractivity contribution in [1.82, 2.24) is 24.6 Å². The summed E-state index contributed by atoms with van der Waals surface area (Å²) in [5, 5.41) is 12.8. The van der Waals surface area contributed by atoms with E-state index >= 15 is 4.39 Å². The molecule has 2 heterocycles. The van der Waals surface area contributed by atoms with E-state index in [2.05, 4.69) is 5.32 Å². The van der Waals surface area contributed by atoms with E-state index in [9.17, 15) is 38.3 Å². The third-order valence-corrected chi connectivity index (χ3v) is 9.64. The third kappa shape index (κ3) is 13.4. The highest BCUT2D eigenvalue weighted by molar-refractivity contribution is 6.14. The van der Waals surface area contributed by atoms with E-state index in [1.165, 1.54) is 9.80 Å². The Morgan fingerprint density at radius 2 is 1.63 bits per heavy atom. The second-order valence-electron chi connectivity index (χ2n) is 15.3. The lowest BCUT2D eigenvalue weighted by Crippen LogP contribution is -2.47. The second-order valence-corrected chi connectivity index (χ2v) is 15.3. The summed E-state index contributed by atoms with van der Waals surface area (Å²) in [4.78, 5) is 77.6. The quantitative estimate of drug-likeness (QED) is 0.0864. The number of aromatic nitrogens is 1. The Kier molecular flexibility index (Phi) is 16.6. The van der Waals surface area contributed by atoms with Gasteiger partial charge in [0.2, 0.25) is 23.6 Å². The lowest BCUT2D eigenvalue weighted by atomic mass is 9.82. The van der Waals surface area contributed by atoms with Crippen LogP contribution < -0.4 is 16.8 Å². The van der Waals surface area contributed by atoms with E-state index in [1.54, 1.807) is 12.3 Å². The molecule has 0 aliphatic carbocycles. The van der Waals surface area contributed by atoms with Gasteiger partial charge in [-0.25, -0.2) is 8.78 Å². The van der Waals surface area contributed by atoms with Gasteiger partial charge in [0, 0.05) is 86.8 Å². The Balaban J connectivity index is 1.48. The van der Waals surface area contributed by atoms with Gasteiger partial charge in [0.05, 0.1) is 19.3 Å². The van der Waals surface area contributed by atoms with Crippen LogP contribution in [-0.4, -0.2) is 118 Å². The summed E-state index contributed by atoms with van der Waals surface area (Å²) in [6.45, 7) is 5.15. The normalized spacial score (nSPS) is 13.7. The minimum absolute atomic E-state index is 0.0122. The highest BCUT2D eigenvalue weighted by atomic mass is 19.1. The fourth-order valence-corrected chi connectivity index (χ4v) is 6.81. The van der Waals surface area contributed by atoms with Gasteiger partial charge in [-0.2, -0.15) is 0 Å². The van der Waals surface area contributed by atoms with E-state index in [1.807, 2.05) is 55.7 Å². The van der Waals surface area contributed by atoms with Crippen molar-refractivity contribution in [1.29, 1.82) is 0 Å². The fraction of sp³-hybridized carbons (Fsp3) is 0.429. The molecule has 318 valence electrons. The van der Waals surface area contributed by atoms with Gasteiger partial charge in [-0.1, -0.05) is 51.1 Å². The second kappa shape index (κ2) is 21.3. The van der Waals surface area contributed by atoms with Gasteiger partial charge in [0.1, 0.15) is 24.8 Å². The number of amides is 6. The minimum Gasteiger partial charge on any atom is -0.387 e. The van der Waals surface area contributed by atoms with Gasteiger partial charge >= 0.3 is 0 Å². The predicted molar refractivity (Wildman–Crippen MR) is 214 cm³/mol. The standard InChI is InChI=1S/C42H53F2N7O8/c1-42(2,3)41(34-21-29(32-22-30(43)9-10-33(32)44)24-49(34)23-28-7-5-4-6-8-28)50(40(58)27-52)17-15-31(45)25-48(37(55)12-11-35(46)53)18-20-59-19-16-47-36(54)26-51-38(56)13-14-39(51)57/h4-10,13-14,21-22,24,31,41,52H,11-12,15-20,23,25-27,45H2,1-3H3,(H2,46,53)(H,47,54)/t31-,41-/m0/s1. The van der Waals surface area contributed by atoms with Crippen LogP contribution in [0, 0.1) is 17.0 Å². The Hall–Kier alpha value is -5.78. The fourth-order valence-electron chi connectivity index (χ4n) is 6.81. The number of nitrogens with one attached hydrogen (secondary N) is 1. The molecule has 0 bridgehead atoms. The number of imide groups is 1. The number of nitrogens with two attached hydrogens (primary N) is 2. The van der Waals surface area contributed by atoms with Crippen LogP contribution in [0.2, 0.25) is 0 Å². The molecule has 1 aliphatic heterocycles. The Labute approximate surface area is 341 Å². The highest BCUT2D eigenvalue weighted by Crippen LogP contribution is 2.41. The van der Waals surface area contributed by atoms with Gasteiger partial charge in [0.15, 0.2) is 0 Å². The molecule has 4 rings (SSSR count). The van der Waals surface area contributed by atoms with Gasteiger partial charge in [0.25, 0.3) is 11.8 Å². The number of nitrogens with zero attached hydrogens (tertiary/aromatic N) is 4. The molecule has 1 aliphatic rings. The number of carbonyl (C=O) groups is 6. The molecular formula is C42H53F2N7O8. The zero-order chi connectivity index (χ0) is 43.3. The monoisotopic (exact) mass is 821 g/mol. The summed E-state index contributed by atoms with van der Waals surface area (Å²) < 4.78 is 37.0. The maximum absolute atomic E-state index is 15.1. The molecule has 0 saturated carbocycles. The van der Waals surface area contributed by atoms with Crippen LogP contribution in [0.15, 0.2) is 72.9 Å². The molecule has 1 aromatic heterocycles. The number of halogens is 2. The van der Waals surface area contributed by atoms with Crippen molar-refractivity contribution in [2.75, 3.05) is 52.5 Å². The molecule has 15 nitrogen and oxygen atoms in total. The van der Waals surface area contributed by atoms with Crippen LogP contribution in [0.5, 0.6) is 0 Å². The molecule has 0 fully saturated rings. The predicted octanol–water partition coefficient (Wildman–Crippen LogP) is 2.26. The smallest absolute Gasteiger partial charge is 0.254 e. The topological polar surface area (TPSA) is 211 Å². The number of ether oxygens (including phenoxy) is 1. The number of aliphatic hydroxyl groups excluding tert-OH is 1. The lowest BCUT2D eigenvalue weighted by molar-refractivity contribution is -0.141. The number of hydrogen-bond acceptors (Lipinski definition) is 9. The average molecular weight is 822 g/mol. The van der Waals surface area contributed by atoms with Crippen molar-refractivity contribution in [3.63, 3.8) is 0 Å². The van der Waals surface area contributed by atoms with Crippen molar-refractivity contribution in [3.05, 3.63) is 95.8 Å². The van der Waals surface area contributed by atoms with E-state index in [4.69, 9.17) is 16.2 Å². The van der Waals surface area contributed by atoms with E-state index in [0.29, 0.717) is 17.8 Å². The first-order chi connectivity index (χ1) is 28.0. The number of hydrogen-bond donors (Lipinski definition) is 4. The molecule has 6 amide bonds. The first-order valence-electron chi connectivity index (χ1n) is 19.3. The number of benzene rings is 2. The maximum atomic E-state index is 15.1. The molecule has 17 heteroatoms. The summed E-state index contributed by atoms with van der Waals surface area (Å²) in [5.74, 6) is -4.59. The molecular weight excluding hydrogens is 768 g/mol. The summed E-state index contributed by atoms with van der Waals surface area (Å²) >= 11 is 0. The summed E-state index contributed by atoms with van der Waals surface area (Å²) in [7, 11) is 0. The first-order valence-corrected chi connectivity index (χ1v) is 19.3. The number of carbonyl (C=O) groups excluding carboxylic acids is 6. The summed E-state index contributed by atoms with van der Waals surface area (Å²) in [6, 6.07) is 13.1. The minimum atomic E-state index is -0.812. The van der Waals surface area contributed by atoms with Crippen LogP contribution in [0.4, 0.5) is 8.78 Å². The van der Waals surface area contributed by atoms with Crippen molar-refractivity contribution >= 4 is 35.4 Å². The molecule has 0 saturated heterocycles. The van der Waals surface area contributed by atoms with Gasteiger partial charge in [-0.3, -0.25) is 33.7 Å². The molecule has 0 unspecified atom stereocenters. The van der Waals surface area contributed by atoms with E-state index in [-0.39, 0.29) is 64.2 Å². The molecule has 2 atom stereocenters. The van der Waals surface area contributed by atoms with Gasteiger partial charge < -0.3 is 41.0 Å². The molecule has 59 heavy (non-hydrogen) atoms. The summed E-state index contributed by atoms with van der Waals surface area (Å²) in [6.07, 6.45) is 3.69. The van der Waals surface area contributed by atoms with Crippen molar-refractivity contribution in [3.8, 4) is 11.1 Å². The van der Waals surface area contributed by atoms with Crippen LogP contribution in [0.3, 0.4) is 0 Å². The molecule has 3 aromatic rings. The van der Waals surface area contributed by atoms with Crippen LogP contribution >= 0.6 is 0 Å². The molecule has 2 aromatic carbocycles. The molecule has 6 N–H and O–H groups in total. The maximum Gasteiger partial charge on any atom is 0.254 e. The Morgan fingerprint density at radius 3 is 2.27 bits per heavy atom. The average Bonchev–Trinajstić information content (AvgIpc) is 3.74. The zero-order valence-corrected chi connectivity index (χ0v) is 33.6. The van der Waals surface area contributed by atoms with Gasteiger partial charge in [-0.05, 0) is 41.7 Å². The van der Waals surface area contributed by atoms with Crippen LogP contribution in [0.25, 0.3) is 11.1 Å². The number of aliphatic hydroxyl groups is 1. The van der Waals surface area contributed by atoms with E-state index < -0.39 is 77.7 Å². The largest absolute Gasteiger partial charge is 0.387 e. The SMILES string of the molecule is CC(C)(C)[C@H](c1cc(-c2cc(F)ccc2F)cn1Cc1ccccc1)N(CC[C@H](N)CN(CCOCCNC(=O)CN1C(=O)C=CC1=O)C(=O)CCC(N)=O)C(=O)CO. The molecule has 0 radical (unpaired) electrons. The van der Waals surface area contributed by atoms with Crippen LogP contribution in [0.1, 0.15) is 57.3 Å². The highest BCUT2D eigenvalue weighted by Gasteiger charge is 2.37. The Morgan fingerprint density at radius 1 is 0.932 bits per heavy atom. The number of rotatable bonds is 22. The number of primary amides is 1. The Bertz CT molecular complexity index is 1980. The lowest BCUT2D eigenvalue weighted by Gasteiger charge is -2.41. The van der Waals surface area contributed by atoms with Gasteiger partial charge in [-0.15, -0.1) is 0 Å². The summed E-state index contributed by atoms with van der Waals surface area (Å²) in [5.41, 5.74) is 13.2. The van der Waals surface area contributed by atoms with Crippen LogP contribution in [-0.2, 0) is 40.0 Å². The zero-order valence-electron chi connectivity index (χ0n) is 33.6.